The molecular weight excluding hydrogens is 747 g/mol. The van der Waals surface area contributed by atoms with E-state index in [0.717, 1.165) is 0 Å². The van der Waals surface area contributed by atoms with Crippen molar-refractivity contribution in [1.29, 1.82) is 0 Å². The first kappa shape index (κ1) is 62.0. The normalized spacial score (nSPS) is 12.3. The predicted octanol–water partition coefficient (Wildman–Crippen LogP) is 22.4. The summed E-state index contributed by atoms with van der Waals surface area (Å²) in [5.41, 5.74) is 0.643. The molecule has 0 aliphatic rings. The molecule has 0 saturated carbocycles. The Labute approximate surface area is 397 Å². The molecule has 0 aromatic heterocycles. The van der Waals surface area contributed by atoms with Crippen molar-refractivity contribution in [3.8, 4) is 0 Å². The van der Waals surface area contributed by atoms with E-state index >= 15 is 0 Å². The summed E-state index contributed by atoms with van der Waals surface area (Å²) >= 11 is 0. The molecule has 374 valence electrons. The third kappa shape index (κ3) is 43.8. The molecule has 0 radical (unpaired) electrons. The minimum absolute atomic E-state index is 0.643. The van der Waals surface area contributed by atoms with Crippen molar-refractivity contribution in [1.82, 2.24) is 0 Å². The zero-order valence-electron chi connectivity index (χ0n) is 45.1. The fourth-order valence-corrected chi connectivity index (χ4v) is 11.1. The first-order valence-electron chi connectivity index (χ1n) is 30.3. The highest BCUT2D eigenvalue weighted by Gasteiger charge is 2.28. The van der Waals surface area contributed by atoms with Gasteiger partial charge in [0.1, 0.15) is 0 Å². The molecule has 0 aliphatic heterocycles. The number of unbranched alkanes of at least 4 members (excludes halogenated alkanes) is 41. The van der Waals surface area contributed by atoms with Gasteiger partial charge in [0.2, 0.25) is 0 Å². The van der Waals surface area contributed by atoms with E-state index in [4.69, 9.17) is 0 Å². The molecule has 0 spiro atoms. The minimum Gasteiger partial charge on any atom is -0.326 e. The number of quaternary nitrogens is 1. The highest BCUT2D eigenvalue weighted by atomic mass is 15.3. The smallest absolute Gasteiger partial charge is 0.0784 e. The van der Waals surface area contributed by atoms with E-state index in [1.807, 2.05) is 0 Å². The topological polar surface area (TPSA) is 0 Å². The lowest BCUT2D eigenvalue weighted by atomic mass is 9.70. The summed E-state index contributed by atoms with van der Waals surface area (Å²) in [6.07, 6.45) is 75.1. The summed E-state index contributed by atoms with van der Waals surface area (Å²) in [4.78, 5) is 0. The van der Waals surface area contributed by atoms with E-state index in [0.29, 0.717) is 5.41 Å². The molecule has 0 heterocycles. The maximum Gasteiger partial charge on any atom is 0.0784 e. The Balaban J connectivity index is 5.28. The lowest BCUT2D eigenvalue weighted by Gasteiger charge is -2.35. The second-order valence-electron chi connectivity index (χ2n) is 22.1. The van der Waals surface area contributed by atoms with Crippen molar-refractivity contribution in [3.05, 3.63) is 0 Å². The van der Waals surface area contributed by atoms with Crippen LogP contribution in [0.5, 0.6) is 0 Å². The van der Waals surface area contributed by atoms with Gasteiger partial charge >= 0.3 is 0 Å². The first-order chi connectivity index (χ1) is 30.5. The van der Waals surface area contributed by atoms with Crippen molar-refractivity contribution in [2.24, 2.45) is 5.41 Å². The molecule has 0 N–H and O–H groups in total. The van der Waals surface area contributed by atoms with Crippen molar-refractivity contribution in [2.75, 3.05) is 26.7 Å². The number of nitrogens with zero attached hydrogens (tertiary/aromatic N) is 1. The summed E-state index contributed by atoms with van der Waals surface area (Å²) in [5, 5.41) is 0. The Hall–Kier alpha value is -0.0400. The summed E-state index contributed by atoms with van der Waals surface area (Å²) in [6.45, 7) is 16.0. The molecule has 0 bridgehead atoms. The highest BCUT2D eigenvalue weighted by Crippen LogP contribution is 2.42. The van der Waals surface area contributed by atoms with Gasteiger partial charge in [-0.25, -0.2) is 0 Å². The van der Waals surface area contributed by atoms with Crippen LogP contribution in [0, 0.1) is 5.41 Å². The second-order valence-corrected chi connectivity index (χ2v) is 22.1. The van der Waals surface area contributed by atoms with Gasteiger partial charge in [0.15, 0.2) is 0 Å². The zero-order valence-corrected chi connectivity index (χ0v) is 45.1. The van der Waals surface area contributed by atoms with E-state index in [-0.39, 0.29) is 0 Å². The Morgan fingerprint density at radius 1 is 0.194 bits per heavy atom. The van der Waals surface area contributed by atoms with E-state index in [1.165, 1.54) is 326 Å². The third-order valence-electron chi connectivity index (χ3n) is 15.7. The monoisotopic (exact) mass is 873 g/mol. The third-order valence-corrected chi connectivity index (χ3v) is 15.7. The van der Waals surface area contributed by atoms with E-state index in [9.17, 15) is 0 Å². The van der Waals surface area contributed by atoms with Crippen LogP contribution in [0.2, 0.25) is 0 Å². The van der Waals surface area contributed by atoms with Crippen molar-refractivity contribution in [3.63, 3.8) is 0 Å². The maximum atomic E-state index is 2.64. The zero-order chi connectivity index (χ0) is 45.2. The summed E-state index contributed by atoms with van der Waals surface area (Å²) in [6, 6.07) is 0. The van der Waals surface area contributed by atoms with Crippen molar-refractivity contribution >= 4 is 0 Å². The molecule has 0 fully saturated rings. The SMILES string of the molecule is CCCCCCCCCCCCC(CCCCCCCCCCCC)(CCCCCCCCCCCC)CCCCCCC[N+](C)(CCCCCCCC)CCCCCCCC. The van der Waals surface area contributed by atoms with Crippen molar-refractivity contribution < 1.29 is 4.48 Å². The van der Waals surface area contributed by atoms with Gasteiger partial charge in [0.25, 0.3) is 0 Å². The van der Waals surface area contributed by atoms with Crippen LogP contribution in [-0.2, 0) is 0 Å². The number of rotatable bonds is 55. The lowest BCUT2D eigenvalue weighted by molar-refractivity contribution is -0.910. The van der Waals surface area contributed by atoms with Gasteiger partial charge in [-0.15, -0.1) is 0 Å². The minimum atomic E-state index is 0.643. The fourth-order valence-electron chi connectivity index (χ4n) is 11.1. The molecule has 1 heteroatoms. The van der Waals surface area contributed by atoms with Gasteiger partial charge in [-0.3, -0.25) is 0 Å². The Bertz CT molecular complexity index is 725. The van der Waals surface area contributed by atoms with Gasteiger partial charge in [-0.05, 0) is 69.6 Å². The molecule has 0 unspecified atom stereocenters. The molecule has 0 amide bonds. The van der Waals surface area contributed by atoms with E-state index in [2.05, 4.69) is 41.7 Å². The molecule has 62 heavy (non-hydrogen) atoms. The Morgan fingerprint density at radius 2 is 0.339 bits per heavy atom. The van der Waals surface area contributed by atoms with Gasteiger partial charge in [0, 0.05) is 0 Å². The van der Waals surface area contributed by atoms with E-state index < -0.39 is 0 Å². The Morgan fingerprint density at radius 3 is 0.516 bits per heavy atom. The molecule has 0 saturated heterocycles. The van der Waals surface area contributed by atoms with Crippen LogP contribution >= 0.6 is 0 Å². The average Bonchev–Trinajstić information content (AvgIpc) is 3.27. The fraction of sp³-hybridized carbons (Fsp3) is 1.00. The molecule has 0 aliphatic carbocycles. The predicted molar refractivity (Wildman–Crippen MR) is 287 cm³/mol. The molecule has 0 aromatic rings. The molecule has 0 aromatic carbocycles. The number of hydrogen-bond acceptors (Lipinski definition) is 0. The van der Waals surface area contributed by atoms with Gasteiger partial charge in [0.05, 0.1) is 26.7 Å². The molecule has 1 nitrogen and oxygen atoms in total. The summed E-state index contributed by atoms with van der Waals surface area (Å²) < 4.78 is 1.36. The van der Waals surface area contributed by atoms with Crippen molar-refractivity contribution in [2.45, 2.75) is 362 Å². The lowest BCUT2D eigenvalue weighted by Crippen LogP contribution is -2.46. The van der Waals surface area contributed by atoms with Crippen LogP contribution in [0.15, 0.2) is 0 Å². The van der Waals surface area contributed by atoms with Gasteiger partial charge in [-0.1, -0.05) is 298 Å². The van der Waals surface area contributed by atoms with Crippen LogP contribution in [0.25, 0.3) is 0 Å². The average molecular weight is 874 g/mol. The standard InChI is InChI=1S/C61H126N/c1-7-12-17-22-27-30-33-36-40-47-54-61(55-48-41-37-34-31-28-23-18-13-8-2,56-49-42-38-35-32-29-24-19-14-9-3)57-50-43-39-46-53-60-62(6,58-51-44-25-20-15-10-4)59-52-45-26-21-16-11-5/h7-60H2,1-6H3/q+1. The van der Waals surface area contributed by atoms with Gasteiger partial charge < -0.3 is 4.48 Å². The highest BCUT2D eigenvalue weighted by molar-refractivity contribution is 4.80. The van der Waals surface area contributed by atoms with Crippen LogP contribution < -0.4 is 0 Å². The van der Waals surface area contributed by atoms with Crippen LogP contribution in [0.1, 0.15) is 362 Å². The van der Waals surface area contributed by atoms with Crippen LogP contribution in [0.3, 0.4) is 0 Å². The van der Waals surface area contributed by atoms with Gasteiger partial charge in [-0.2, -0.15) is 0 Å². The Kier molecular flexibility index (Phi) is 50.3. The molecular formula is C61H126N+. The largest absolute Gasteiger partial charge is 0.326 e. The maximum absolute atomic E-state index is 2.64. The summed E-state index contributed by atoms with van der Waals surface area (Å²) in [7, 11) is 2.64. The quantitative estimate of drug-likeness (QED) is 0.0422. The van der Waals surface area contributed by atoms with Crippen LogP contribution in [-0.4, -0.2) is 31.2 Å². The van der Waals surface area contributed by atoms with E-state index in [1.54, 1.807) is 25.7 Å². The second kappa shape index (κ2) is 50.4. The first-order valence-corrected chi connectivity index (χ1v) is 30.3. The summed E-state index contributed by atoms with van der Waals surface area (Å²) in [5.74, 6) is 0. The molecule has 0 atom stereocenters. The van der Waals surface area contributed by atoms with Crippen LogP contribution in [0.4, 0.5) is 0 Å². The number of hydrogen-bond donors (Lipinski definition) is 0. The molecule has 0 rings (SSSR count).